The van der Waals surface area contributed by atoms with Gasteiger partial charge in [-0.2, -0.15) is 0 Å². The minimum absolute atomic E-state index is 0.0241. The zero-order valence-electron chi connectivity index (χ0n) is 11.6. The van der Waals surface area contributed by atoms with Crippen LogP contribution in [0.15, 0.2) is 30.3 Å². The van der Waals surface area contributed by atoms with Gasteiger partial charge < -0.3 is 9.64 Å². The number of amides is 1. The van der Waals surface area contributed by atoms with Gasteiger partial charge in [0.1, 0.15) is 6.54 Å². The second kappa shape index (κ2) is 8.29. The Morgan fingerprint density at radius 3 is 2.53 bits per heavy atom. The van der Waals surface area contributed by atoms with Gasteiger partial charge in [-0.15, -0.1) is 0 Å². The van der Waals surface area contributed by atoms with Crippen molar-refractivity contribution >= 4 is 11.9 Å². The molecule has 0 atom stereocenters. The van der Waals surface area contributed by atoms with Crippen molar-refractivity contribution in [2.45, 2.75) is 26.2 Å². The summed E-state index contributed by atoms with van der Waals surface area (Å²) in [5.41, 5.74) is 1.23. The molecule has 4 nitrogen and oxygen atoms in total. The van der Waals surface area contributed by atoms with Crippen LogP contribution in [0, 0.1) is 0 Å². The molecule has 0 fully saturated rings. The van der Waals surface area contributed by atoms with E-state index in [0.717, 1.165) is 12.8 Å². The highest BCUT2D eigenvalue weighted by atomic mass is 16.5. The lowest BCUT2D eigenvalue weighted by atomic mass is 10.1. The maximum absolute atomic E-state index is 11.8. The molecule has 0 aromatic heterocycles. The zero-order chi connectivity index (χ0) is 14.1. The summed E-state index contributed by atoms with van der Waals surface area (Å²) in [5.74, 6) is -0.384. The maximum atomic E-state index is 11.8. The van der Waals surface area contributed by atoms with Crippen LogP contribution in [-0.4, -0.2) is 37.0 Å². The van der Waals surface area contributed by atoms with Gasteiger partial charge in [-0.3, -0.25) is 9.59 Å². The normalized spacial score (nSPS) is 10.0. The minimum Gasteiger partial charge on any atom is -0.465 e. The molecule has 0 bridgehead atoms. The van der Waals surface area contributed by atoms with Crippen molar-refractivity contribution in [3.63, 3.8) is 0 Å². The second-order valence-electron chi connectivity index (χ2n) is 4.39. The first-order valence-corrected chi connectivity index (χ1v) is 6.57. The molecule has 0 aliphatic heterocycles. The van der Waals surface area contributed by atoms with E-state index >= 15 is 0 Å². The van der Waals surface area contributed by atoms with E-state index < -0.39 is 0 Å². The van der Waals surface area contributed by atoms with Crippen LogP contribution in [0.4, 0.5) is 0 Å². The third-order valence-electron chi connectivity index (χ3n) is 2.80. The Labute approximate surface area is 114 Å². The van der Waals surface area contributed by atoms with E-state index in [4.69, 9.17) is 4.74 Å². The molecule has 0 heterocycles. The van der Waals surface area contributed by atoms with Gasteiger partial charge in [-0.25, -0.2) is 0 Å². The van der Waals surface area contributed by atoms with Crippen LogP contribution in [0.1, 0.15) is 25.3 Å². The lowest BCUT2D eigenvalue weighted by molar-refractivity contribution is -0.148. The molecule has 0 saturated heterocycles. The number of carbonyl (C=O) groups is 2. The first-order chi connectivity index (χ1) is 9.13. The average molecular weight is 263 g/mol. The summed E-state index contributed by atoms with van der Waals surface area (Å²) in [6, 6.07) is 10.1. The van der Waals surface area contributed by atoms with Crippen LogP contribution in [0.25, 0.3) is 0 Å². The first kappa shape index (κ1) is 15.2. The topological polar surface area (TPSA) is 46.6 Å². The van der Waals surface area contributed by atoms with Gasteiger partial charge in [-0.1, -0.05) is 30.3 Å². The van der Waals surface area contributed by atoms with Crippen LogP contribution in [0.3, 0.4) is 0 Å². The van der Waals surface area contributed by atoms with Gasteiger partial charge in [0.25, 0.3) is 0 Å². The largest absolute Gasteiger partial charge is 0.465 e. The van der Waals surface area contributed by atoms with Gasteiger partial charge >= 0.3 is 5.97 Å². The summed E-state index contributed by atoms with van der Waals surface area (Å²) in [4.78, 5) is 24.4. The molecule has 0 unspecified atom stereocenters. The summed E-state index contributed by atoms with van der Waals surface area (Å²) in [6.07, 6.45) is 2.11. The molecule has 4 heteroatoms. The molecular weight excluding hydrogens is 242 g/mol. The molecule has 0 saturated carbocycles. The summed E-state index contributed by atoms with van der Waals surface area (Å²) in [7, 11) is 1.63. The number of aryl methyl sites for hydroxylation is 1. The van der Waals surface area contributed by atoms with Crippen LogP contribution in [0.2, 0.25) is 0 Å². The molecular formula is C15H21NO3. The zero-order valence-corrected chi connectivity index (χ0v) is 11.6. The maximum Gasteiger partial charge on any atom is 0.325 e. The van der Waals surface area contributed by atoms with Crippen molar-refractivity contribution in [2.24, 2.45) is 0 Å². The average Bonchev–Trinajstić information content (AvgIpc) is 2.40. The van der Waals surface area contributed by atoms with Crippen molar-refractivity contribution < 1.29 is 14.3 Å². The molecule has 1 aromatic carbocycles. The van der Waals surface area contributed by atoms with Gasteiger partial charge in [0.05, 0.1) is 6.61 Å². The molecule has 0 aliphatic rings. The molecule has 1 rings (SSSR count). The van der Waals surface area contributed by atoms with Gasteiger partial charge in [0.2, 0.25) is 5.91 Å². The quantitative estimate of drug-likeness (QED) is 0.707. The van der Waals surface area contributed by atoms with Gasteiger partial charge in [-0.05, 0) is 25.3 Å². The Morgan fingerprint density at radius 2 is 1.89 bits per heavy atom. The molecule has 0 aliphatic carbocycles. The SMILES string of the molecule is CCOC(=O)CN(C)C(=O)CCCc1ccccc1. The number of rotatable bonds is 7. The number of likely N-dealkylation sites (N-methyl/N-ethyl adjacent to an activating group) is 1. The van der Waals surface area contributed by atoms with Crippen molar-refractivity contribution in [1.82, 2.24) is 4.90 Å². The van der Waals surface area contributed by atoms with Crippen molar-refractivity contribution in [1.29, 1.82) is 0 Å². The Bertz CT molecular complexity index is 403. The van der Waals surface area contributed by atoms with Gasteiger partial charge in [0.15, 0.2) is 0 Å². The Morgan fingerprint density at radius 1 is 1.21 bits per heavy atom. The Balaban J connectivity index is 2.25. The van der Waals surface area contributed by atoms with Crippen molar-refractivity contribution in [2.75, 3.05) is 20.2 Å². The fourth-order valence-electron chi connectivity index (χ4n) is 1.77. The highest BCUT2D eigenvalue weighted by Crippen LogP contribution is 2.05. The van der Waals surface area contributed by atoms with E-state index in [1.54, 1.807) is 14.0 Å². The lowest BCUT2D eigenvalue weighted by Crippen LogP contribution is -2.32. The Hall–Kier alpha value is -1.84. The van der Waals surface area contributed by atoms with E-state index in [0.29, 0.717) is 13.0 Å². The number of ether oxygens (including phenoxy) is 1. The second-order valence-corrected chi connectivity index (χ2v) is 4.39. The smallest absolute Gasteiger partial charge is 0.325 e. The molecule has 19 heavy (non-hydrogen) atoms. The molecule has 1 aromatic rings. The van der Waals surface area contributed by atoms with Crippen LogP contribution < -0.4 is 0 Å². The standard InChI is InChI=1S/C15H21NO3/c1-3-19-15(18)12-16(2)14(17)11-7-10-13-8-5-4-6-9-13/h4-6,8-9H,3,7,10-12H2,1-2H3. The predicted molar refractivity (Wildman–Crippen MR) is 73.7 cm³/mol. The molecule has 0 N–H and O–H groups in total. The third kappa shape index (κ3) is 6.04. The van der Waals surface area contributed by atoms with E-state index in [2.05, 4.69) is 0 Å². The summed E-state index contributed by atoms with van der Waals surface area (Å²) < 4.78 is 4.80. The monoisotopic (exact) mass is 263 g/mol. The van der Waals surface area contributed by atoms with Gasteiger partial charge in [0, 0.05) is 13.5 Å². The fraction of sp³-hybridized carbons (Fsp3) is 0.467. The summed E-state index contributed by atoms with van der Waals surface area (Å²) >= 11 is 0. The molecule has 0 spiro atoms. The number of carbonyl (C=O) groups excluding carboxylic acids is 2. The minimum atomic E-state index is -0.360. The van der Waals surface area contributed by atoms with E-state index in [1.165, 1.54) is 10.5 Å². The number of benzene rings is 1. The van der Waals surface area contributed by atoms with Crippen LogP contribution in [-0.2, 0) is 20.7 Å². The van der Waals surface area contributed by atoms with Crippen LogP contribution >= 0.6 is 0 Å². The van der Waals surface area contributed by atoms with E-state index in [1.807, 2.05) is 30.3 Å². The summed E-state index contributed by atoms with van der Waals surface area (Å²) in [6.45, 7) is 2.12. The Kier molecular flexibility index (Phi) is 6.64. The number of esters is 1. The third-order valence-corrected chi connectivity index (χ3v) is 2.80. The highest BCUT2D eigenvalue weighted by molar-refractivity contribution is 5.81. The summed E-state index contributed by atoms with van der Waals surface area (Å²) in [5, 5.41) is 0. The molecule has 1 amide bonds. The van der Waals surface area contributed by atoms with Crippen molar-refractivity contribution in [3.05, 3.63) is 35.9 Å². The predicted octanol–water partition coefficient (Wildman–Crippen LogP) is 2.03. The van der Waals surface area contributed by atoms with E-state index in [9.17, 15) is 9.59 Å². The number of hydrogen-bond donors (Lipinski definition) is 0. The molecule has 0 radical (unpaired) electrons. The fourth-order valence-corrected chi connectivity index (χ4v) is 1.77. The lowest BCUT2D eigenvalue weighted by Gasteiger charge is -2.15. The molecule has 104 valence electrons. The number of hydrogen-bond acceptors (Lipinski definition) is 3. The first-order valence-electron chi connectivity index (χ1n) is 6.57. The number of nitrogens with zero attached hydrogens (tertiary/aromatic N) is 1. The van der Waals surface area contributed by atoms with Crippen molar-refractivity contribution in [3.8, 4) is 0 Å². The van der Waals surface area contributed by atoms with Crippen LogP contribution in [0.5, 0.6) is 0 Å². The van der Waals surface area contributed by atoms with E-state index in [-0.39, 0.29) is 18.4 Å². The highest BCUT2D eigenvalue weighted by Gasteiger charge is 2.12.